The van der Waals surface area contributed by atoms with Crippen molar-refractivity contribution in [3.05, 3.63) is 60.3 Å². The van der Waals surface area contributed by atoms with Crippen molar-refractivity contribution >= 4 is 6.03 Å². The average Bonchev–Trinajstić information content (AvgIpc) is 2.64. The molecule has 3 rings (SSSR count). The first-order valence-electron chi connectivity index (χ1n) is 8.30. The number of likely N-dealkylation sites (tertiary alicyclic amines) is 1. The van der Waals surface area contributed by atoms with Crippen molar-refractivity contribution in [2.75, 3.05) is 19.6 Å². The van der Waals surface area contributed by atoms with Crippen LogP contribution in [0.15, 0.2) is 48.9 Å². The maximum atomic E-state index is 13.0. The Kier molecular flexibility index (Phi) is 5.35. The Morgan fingerprint density at radius 1 is 1.24 bits per heavy atom. The lowest BCUT2D eigenvalue weighted by molar-refractivity contribution is -0.0341. The van der Waals surface area contributed by atoms with Gasteiger partial charge in [-0.15, -0.1) is 5.06 Å². The molecule has 0 spiro atoms. The third-order valence-electron chi connectivity index (χ3n) is 4.46. The summed E-state index contributed by atoms with van der Waals surface area (Å²) < 4.78 is 13.0. The lowest BCUT2D eigenvalue weighted by atomic mass is 9.91. The van der Waals surface area contributed by atoms with Gasteiger partial charge < -0.3 is 15.3 Å². The molecular formula is C18H22FN3O3. The number of nitrogens with zero attached hydrogens (tertiary/aromatic N) is 2. The van der Waals surface area contributed by atoms with Gasteiger partial charge in [0.1, 0.15) is 12.1 Å². The molecule has 0 atom stereocenters. The SMILES string of the molecule is O=C(NCC1(O)CCN(Cc2ccc(F)cc2)CC1)N1C=CC=CO1. The monoisotopic (exact) mass is 347 g/mol. The second-order valence-electron chi connectivity index (χ2n) is 6.39. The number of hydrogen-bond acceptors (Lipinski definition) is 4. The standard InChI is InChI=1S/C18H22FN3O3/c19-16-5-3-15(4-6-16)13-21-10-7-18(24,8-11-21)14-20-17(23)22-9-1-2-12-25-22/h1-6,9,12,24H,7-8,10-11,13-14H2,(H,20,23). The van der Waals surface area contributed by atoms with Gasteiger partial charge in [0.15, 0.2) is 0 Å². The van der Waals surface area contributed by atoms with E-state index >= 15 is 0 Å². The molecule has 7 heteroatoms. The molecule has 2 N–H and O–H groups in total. The maximum absolute atomic E-state index is 13.0. The smallest absolute Gasteiger partial charge is 0.354 e. The number of halogens is 1. The number of hydroxylamine groups is 2. The van der Waals surface area contributed by atoms with Crippen LogP contribution in [0.5, 0.6) is 0 Å². The molecule has 2 heterocycles. The quantitative estimate of drug-likeness (QED) is 0.876. The van der Waals surface area contributed by atoms with Crippen LogP contribution >= 0.6 is 0 Å². The van der Waals surface area contributed by atoms with E-state index in [-0.39, 0.29) is 12.4 Å². The molecule has 1 aromatic carbocycles. The summed E-state index contributed by atoms with van der Waals surface area (Å²) >= 11 is 0. The normalized spacial score (nSPS) is 19.5. The Labute approximate surface area is 146 Å². The van der Waals surface area contributed by atoms with Crippen LogP contribution in [-0.4, -0.2) is 46.3 Å². The van der Waals surface area contributed by atoms with Crippen molar-refractivity contribution in [2.24, 2.45) is 0 Å². The van der Waals surface area contributed by atoms with Crippen molar-refractivity contribution < 1.29 is 19.1 Å². The molecule has 2 amide bonds. The fraction of sp³-hybridized carbons (Fsp3) is 0.389. The predicted octanol–water partition coefficient (Wildman–Crippen LogP) is 2.14. The van der Waals surface area contributed by atoms with Crippen LogP contribution in [0.1, 0.15) is 18.4 Å². The number of aliphatic hydroxyl groups is 1. The number of rotatable bonds is 4. The zero-order valence-corrected chi connectivity index (χ0v) is 13.9. The van der Waals surface area contributed by atoms with E-state index in [4.69, 9.17) is 4.84 Å². The molecule has 0 aromatic heterocycles. The second-order valence-corrected chi connectivity index (χ2v) is 6.39. The van der Waals surface area contributed by atoms with E-state index in [9.17, 15) is 14.3 Å². The number of allylic oxidation sites excluding steroid dienone is 2. The Hall–Kier alpha value is -2.38. The number of benzene rings is 1. The highest BCUT2D eigenvalue weighted by atomic mass is 19.1. The second kappa shape index (κ2) is 7.67. The van der Waals surface area contributed by atoms with E-state index < -0.39 is 11.6 Å². The summed E-state index contributed by atoms with van der Waals surface area (Å²) in [6, 6.07) is 6.05. The van der Waals surface area contributed by atoms with E-state index in [1.807, 2.05) is 0 Å². The summed E-state index contributed by atoms with van der Waals surface area (Å²) in [4.78, 5) is 19.2. The van der Waals surface area contributed by atoms with Gasteiger partial charge in [0.05, 0.1) is 11.8 Å². The lowest BCUT2D eigenvalue weighted by Gasteiger charge is -2.38. The topological polar surface area (TPSA) is 65.0 Å². The molecule has 1 fully saturated rings. The van der Waals surface area contributed by atoms with Crippen molar-refractivity contribution in [3.8, 4) is 0 Å². The predicted molar refractivity (Wildman–Crippen MR) is 90.5 cm³/mol. The highest BCUT2D eigenvalue weighted by Gasteiger charge is 2.33. The number of amides is 2. The van der Waals surface area contributed by atoms with Gasteiger partial charge in [-0.2, -0.15) is 0 Å². The van der Waals surface area contributed by atoms with Crippen molar-refractivity contribution in [1.29, 1.82) is 0 Å². The van der Waals surface area contributed by atoms with Gasteiger partial charge in [0.2, 0.25) is 0 Å². The van der Waals surface area contributed by atoms with Gasteiger partial charge in [0.25, 0.3) is 0 Å². The average molecular weight is 347 g/mol. The molecular weight excluding hydrogens is 325 g/mol. The van der Waals surface area contributed by atoms with E-state index in [2.05, 4.69) is 10.2 Å². The molecule has 0 bridgehead atoms. The molecule has 1 aromatic rings. The van der Waals surface area contributed by atoms with Crippen LogP contribution in [0.3, 0.4) is 0 Å². The number of carbonyl (C=O) groups excluding carboxylic acids is 1. The zero-order valence-electron chi connectivity index (χ0n) is 13.9. The van der Waals surface area contributed by atoms with E-state index in [0.717, 1.165) is 17.2 Å². The third kappa shape index (κ3) is 4.80. The first-order chi connectivity index (χ1) is 12.0. The third-order valence-corrected chi connectivity index (χ3v) is 4.46. The van der Waals surface area contributed by atoms with Gasteiger partial charge in [-0.05, 0) is 42.7 Å². The maximum Gasteiger partial charge on any atom is 0.354 e. The van der Waals surface area contributed by atoms with Crippen LogP contribution < -0.4 is 5.32 Å². The fourth-order valence-electron chi connectivity index (χ4n) is 2.89. The highest BCUT2D eigenvalue weighted by Crippen LogP contribution is 2.23. The van der Waals surface area contributed by atoms with Crippen molar-refractivity contribution in [3.63, 3.8) is 0 Å². The lowest BCUT2D eigenvalue weighted by Crippen LogP contribution is -2.52. The van der Waals surface area contributed by atoms with Gasteiger partial charge >= 0.3 is 6.03 Å². The Morgan fingerprint density at radius 3 is 2.60 bits per heavy atom. The minimum atomic E-state index is -0.926. The molecule has 2 aliphatic rings. The number of piperidine rings is 1. The summed E-state index contributed by atoms with van der Waals surface area (Å²) in [6.07, 6.45) is 7.39. The summed E-state index contributed by atoms with van der Waals surface area (Å²) in [5.41, 5.74) is 0.117. The van der Waals surface area contributed by atoms with E-state index in [1.54, 1.807) is 24.3 Å². The minimum absolute atomic E-state index is 0.174. The summed E-state index contributed by atoms with van der Waals surface area (Å²) in [7, 11) is 0. The molecule has 6 nitrogen and oxygen atoms in total. The van der Waals surface area contributed by atoms with Gasteiger partial charge in [0, 0.05) is 26.2 Å². The van der Waals surface area contributed by atoms with Crippen LogP contribution in [0, 0.1) is 5.82 Å². The van der Waals surface area contributed by atoms with Crippen molar-refractivity contribution in [1.82, 2.24) is 15.3 Å². The van der Waals surface area contributed by atoms with Crippen molar-refractivity contribution in [2.45, 2.75) is 25.0 Å². The fourth-order valence-corrected chi connectivity index (χ4v) is 2.89. The van der Waals surface area contributed by atoms with Crippen LogP contribution in [0.25, 0.3) is 0 Å². The largest absolute Gasteiger partial charge is 0.388 e. The van der Waals surface area contributed by atoms with Gasteiger partial charge in [-0.1, -0.05) is 12.1 Å². The molecule has 0 aliphatic carbocycles. The zero-order chi connectivity index (χ0) is 17.7. The Morgan fingerprint density at radius 2 is 1.96 bits per heavy atom. The summed E-state index contributed by atoms with van der Waals surface area (Å²) in [6.45, 7) is 2.33. The Balaban J connectivity index is 1.44. The molecule has 25 heavy (non-hydrogen) atoms. The molecule has 0 radical (unpaired) electrons. The highest BCUT2D eigenvalue weighted by molar-refractivity contribution is 5.74. The number of carbonyl (C=O) groups is 1. The van der Waals surface area contributed by atoms with Crippen LogP contribution in [0.4, 0.5) is 9.18 Å². The summed E-state index contributed by atoms with van der Waals surface area (Å²) in [5.74, 6) is -0.240. The first kappa shape index (κ1) is 17.4. The van der Waals surface area contributed by atoms with Gasteiger partial charge in [-0.3, -0.25) is 4.90 Å². The molecule has 134 valence electrons. The number of hydrogen-bond donors (Lipinski definition) is 2. The summed E-state index contributed by atoms with van der Waals surface area (Å²) in [5, 5.41) is 14.4. The van der Waals surface area contributed by atoms with Gasteiger partial charge in [-0.25, -0.2) is 9.18 Å². The first-order valence-corrected chi connectivity index (χ1v) is 8.30. The number of nitrogens with one attached hydrogen (secondary N) is 1. The molecule has 2 aliphatic heterocycles. The Bertz CT molecular complexity index is 652. The van der Waals surface area contributed by atoms with Crippen LogP contribution in [0.2, 0.25) is 0 Å². The molecule has 0 unspecified atom stereocenters. The number of urea groups is 1. The van der Waals surface area contributed by atoms with E-state index in [0.29, 0.717) is 25.9 Å². The minimum Gasteiger partial charge on any atom is -0.388 e. The molecule has 0 saturated carbocycles. The van der Waals surface area contributed by atoms with Crippen LogP contribution in [-0.2, 0) is 11.4 Å². The molecule has 1 saturated heterocycles. The van der Waals surface area contributed by atoms with E-state index in [1.165, 1.54) is 24.6 Å².